The summed E-state index contributed by atoms with van der Waals surface area (Å²) >= 11 is 0. The van der Waals surface area contributed by atoms with E-state index in [0.29, 0.717) is 24.3 Å². The number of rotatable bonds is 3. The molecule has 2 heterocycles. The highest BCUT2D eigenvalue weighted by Crippen LogP contribution is 2.21. The Morgan fingerprint density at radius 1 is 1.33 bits per heavy atom. The molecule has 2 aromatic rings. The fourth-order valence-corrected chi connectivity index (χ4v) is 2.80. The van der Waals surface area contributed by atoms with Crippen LogP contribution in [0.25, 0.3) is 0 Å². The predicted molar refractivity (Wildman–Crippen MR) is 89.0 cm³/mol. The summed E-state index contributed by atoms with van der Waals surface area (Å²) in [6, 6.07) is 8.42. The average molecular weight is 328 g/mol. The highest BCUT2D eigenvalue weighted by molar-refractivity contribution is 6.03. The van der Waals surface area contributed by atoms with Crippen LogP contribution in [0.1, 0.15) is 39.3 Å². The van der Waals surface area contributed by atoms with Gasteiger partial charge in [-0.05, 0) is 49.6 Å². The summed E-state index contributed by atoms with van der Waals surface area (Å²) in [6.45, 7) is 2.84. The first-order chi connectivity index (χ1) is 11.5. The fraction of sp³-hybridized carbons (Fsp3) is 0.333. The van der Waals surface area contributed by atoms with Crippen molar-refractivity contribution >= 4 is 17.5 Å². The number of hydrogen-bond donors (Lipinski definition) is 2. The van der Waals surface area contributed by atoms with Crippen LogP contribution < -0.4 is 5.32 Å². The van der Waals surface area contributed by atoms with Crippen LogP contribution in [0, 0.1) is 6.92 Å². The molecule has 0 saturated carbocycles. The Kier molecular flexibility index (Phi) is 4.66. The number of carbonyl (C=O) groups excluding carboxylic acids is 2. The molecule has 0 radical (unpaired) electrons. The SMILES string of the molecule is Cc1ccc(C(=O)N2CCCC(O)C2)cc1NC(=O)c1ccco1. The highest BCUT2D eigenvalue weighted by Gasteiger charge is 2.23. The van der Waals surface area contributed by atoms with E-state index in [0.717, 1.165) is 18.4 Å². The minimum absolute atomic E-state index is 0.137. The third-order valence-electron chi connectivity index (χ3n) is 4.16. The van der Waals surface area contributed by atoms with E-state index in [4.69, 9.17) is 4.42 Å². The van der Waals surface area contributed by atoms with E-state index in [1.807, 2.05) is 6.92 Å². The van der Waals surface area contributed by atoms with E-state index < -0.39 is 6.10 Å². The summed E-state index contributed by atoms with van der Waals surface area (Å²) in [6.07, 6.45) is 2.48. The van der Waals surface area contributed by atoms with Gasteiger partial charge in [-0.3, -0.25) is 9.59 Å². The summed E-state index contributed by atoms with van der Waals surface area (Å²) < 4.78 is 5.08. The fourth-order valence-electron chi connectivity index (χ4n) is 2.80. The lowest BCUT2D eigenvalue weighted by molar-refractivity contribution is 0.0474. The summed E-state index contributed by atoms with van der Waals surface area (Å²) in [5, 5.41) is 12.5. The van der Waals surface area contributed by atoms with E-state index >= 15 is 0 Å². The molecule has 0 aliphatic carbocycles. The number of likely N-dealkylation sites (tertiary alicyclic amines) is 1. The van der Waals surface area contributed by atoms with E-state index in [2.05, 4.69) is 5.32 Å². The smallest absolute Gasteiger partial charge is 0.291 e. The standard InChI is InChI=1S/C18H20N2O4/c1-12-6-7-13(18(23)20-8-2-4-14(21)11-20)10-15(12)19-17(22)16-5-3-9-24-16/h3,5-7,9-10,14,21H,2,4,8,11H2,1H3,(H,19,22). The van der Waals surface area contributed by atoms with Crippen molar-refractivity contribution in [3.63, 3.8) is 0 Å². The van der Waals surface area contributed by atoms with Gasteiger partial charge in [0.05, 0.1) is 12.4 Å². The van der Waals surface area contributed by atoms with Crippen LogP contribution in [-0.2, 0) is 0 Å². The van der Waals surface area contributed by atoms with Gasteiger partial charge in [-0.15, -0.1) is 0 Å². The number of aliphatic hydroxyl groups excluding tert-OH is 1. The molecule has 126 valence electrons. The van der Waals surface area contributed by atoms with Crippen LogP contribution in [0.3, 0.4) is 0 Å². The molecule has 6 heteroatoms. The maximum absolute atomic E-state index is 12.6. The molecule has 1 aromatic carbocycles. The number of furan rings is 1. The molecule has 1 fully saturated rings. The molecular weight excluding hydrogens is 308 g/mol. The first-order valence-electron chi connectivity index (χ1n) is 7.97. The monoisotopic (exact) mass is 328 g/mol. The average Bonchev–Trinajstić information content (AvgIpc) is 3.11. The lowest BCUT2D eigenvalue weighted by atomic mass is 10.0. The highest BCUT2D eigenvalue weighted by atomic mass is 16.3. The zero-order valence-electron chi connectivity index (χ0n) is 13.5. The topological polar surface area (TPSA) is 82.8 Å². The maximum Gasteiger partial charge on any atom is 0.291 e. The molecule has 0 spiro atoms. The largest absolute Gasteiger partial charge is 0.459 e. The molecule has 1 saturated heterocycles. The zero-order valence-corrected chi connectivity index (χ0v) is 13.5. The minimum atomic E-state index is -0.466. The number of amides is 2. The van der Waals surface area contributed by atoms with E-state index in [9.17, 15) is 14.7 Å². The van der Waals surface area contributed by atoms with Gasteiger partial charge >= 0.3 is 0 Å². The van der Waals surface area contributed by atoms with Crippen molar-refractivity contribution in [3.05, 3.63) is 53.5 Å². The summed E-state index contributed by atoms with van der Waals surface area (Å²) in [5.74, 6) is -0.284. The van der Waals surface area contributed by atoms with Crippen molar-refractivity contribution in [2.45, 2.75) is 25.9 Å². The first-order valence-corrected chi connectivity index (χ1v) is 7.97. The molecular formula is C18H20N2O4. The van der Waals surface area contributed by atoms with Crippen LogP contribution in [0.5, 0.6) is 0 Å². The Morgan fingerprint density at radius 3 is 2.88 bits per heavy atom. The van der Waals surface area contributed by atoms with E-state index in [1.165, 1.54) is 6.26 Å². The molecule has 1 aromatic heterocycles. The van der Waals surface area contributed by atoms with Gasteiger partial charge < -0.3 is 19.7 Å². The Hall–Kier alpha value is -2.60. The number of aryl methyl sites for hydroxylation is 1. The van der Waals surface area contributed by atoms with Crippen molar-refractivity contribution in [2.24, 2.45) is 0 Å². The molecule has 2 amide bonds. The number of anilines is 1. The maximum atomic E-state index is 12.6. The first kappa shape index (κ1) is 16.3. The number of hydrogen-bond acceptors (Lipinski definition) is 4. The van der Waals surface area contributed by atoms with Crippen molar-refractivity contribution in [1.29, 1.82) is 0 Å². The van der Waals surface area contributed by atoms with E-state index in [1.54, 1.807) is 35.2 Å². The lowest BCUT2D eigenvalue weighted by Gasteiger charge is -2.30. The van der Waals surface area contributed by atoms with Gasteiger partial charge in [0.1, 0.15) is 0 Å². The molecule has 2 N–H and O–H groups in total. The summed E-state index contributed by atoms with van der Waals surface area (Å²) in [4.78, 5) is 26.4. The van der Waals surface area contributed by atoms with Crippen LogP contribution in [0.2, 0.25) is 0 Å². The number of nitrogens with one attached hydrogen (secondary N) is 1. The van der Waals surface area contributed by atoms with Gasteiger partial charge in [-0.25, -0.2) is 0 Å². The zero-order chi connectivity index (χ0) is 17.1. The van der Waals surface area contributed by atoms with Crippen molar-refractivity contribution in [1.82, 2.24) is 4.90 Å². The Morgan fingerprint density at radius 2 is 2.17 bits per heavy atom. The van der Waals surface area contributed by atoms with Gasteiger partial charge in [0.2, 0.25) is 0 Å². The number of carbonyl (C=O) groups is 2. The quantitative estimate of drug-likeness (QED) is 0.906. The second-order valence-electron chi connectivity index (χ2n) is 6.01. The molecule has 24 heavy (non-hydrogen) atoms. The van der Waals surface area contributed by atoms with Crippen LogP contribution in [0.15, 0.2) is 41.0 Å². The summed E-state index contributed by atoms with van der Waals surface area (Å²) in [7, 11) is 0. The van der Waals surface area contributed by atoms with Crippen LogP contribution in [0.4, 0.5) is 5.69 Å². The third kappa shape index (κ3) is 3.49. The molecule has 1 aliphatic heterocycles. The molecule has 1 aliphatic rings. The van der Waals surface area contributed by atoms with Crippen molar-refractivity contribution in [3.8, 4) is 0 Å². The van der Waals surface area contributed by atoms with Gasteiger partial charge in [0.15, 0.2) is 5.76 Å². The lowest BCUT2D eigenvalue weighted by Crippen LogP contribution is -2.42. The number of piperidine rings is 1. The molecule has 3 rings (SSSR count). The van der Waals surface area contributed by atoms with Crippen LogP contribution >= 0.6 is 0 Å². The number of nitrogens with zero attached hydrogens (tertiary/aromatic N) is 1. The van der Waals surface area contributed by atoms with Crippen LogP contribution in [-0.4, -0.2) is 41.0 Å². The molecule has 0 bridgehead atoms. The Balaban J connectivity index is 1.78. The second-order valence-corrected chi connectivity index (χ2v) is 6.01. The Labute approximate surface area is 140 Å². The second kappa shape index (κ2) is 6.88. The molecule has 1 unspecified atom stereocenters. The number of aliphatic hydroxyl groups is 1. The third-order valence-corrected chi connectivity index (χ3v) is 4.16. The van der Waals surface area contributed by atoms with Gasteiger partial charge in [0, 0.05) is 24.3 Å². The Bertz CT molecular complexity index is 739. The molecule has 1 atom stereocenters. The minimum Gasteiger partial charge on any atom is -0.459 e. The van der Waals surface area contributed by atoms with Crippen molar-refractivity contribution < 1.29 is 19.1 Å². The van der Waals surface area contributed by atoms with E-state index in [-0.39, 0.29) is 17.6 Å². The predicted octanol–water partition coefficient (Wildman–Crippen LogP) is 2.44. The number of β-amino-alcohol motifs (C(OH)–C–C–N with tert-alkyl or cyclic N) is 1. The van der Waals surface area contributed by atoms with Crippen molar-refractivity contribution in [2.75, 3.05) is 18.4 Å². The van der Waals surface area contributed by atoms with Gasteiger partial charge in [-0.2, -0.15) is 0 Å². The number of benzene rings is 1. The van der Waals surface area contributed by atoms with Gasteiger partial charge in [0.25, 0.3) is 11.8 Å². The normalized spacial score (nSPS) is 17.6. The van der Waals surface area contributed by atoms with Gasteiger partial charge in [-0.1, -0.05) is 6.07 Å². The molecule has 6 nitrogen and oxygen atoms in total. The summed E-state index contributed by atoms with van der Waals surface area (Å²) in [5.41, 5.74) is 1.91.